The highest BCUT2D eigenvalue weighted by atomic mass is 31.2. The maximum atomic E-state index is 5.67. The summed E-state index contributed by atoms with van der Waals surface area (Å²) in [4.78, 5) is 11.3. The Morgan fingerprint density at radius 3 is 2.55 bits per heavy atom. The van der Waals surface area contributed by atoms with E-state index < -0.39 is 8.37 Å². The molecule has 2 rings (SSSR count). The van der Waals surface area contributed by atoms with Crippen molar-refractivity contribution in [1.82, 2.24) is 34.2 Å². The largest absolute Gasteiger partial charge is 0.377 e. The molecule has 0 aliphatic rings. The topological polar surface area (TPSA) is 62.6 Å². The number of pyridine rings is 1. The Balaban J connectivity index is 2.04. The van der Waals surface area contributed by atoms with Crippen LogP contribution in [0.2, 0.25) is 0 Å². The van der Waals surface area contributed by atoms with Gasteiger partial charge in [0.25, 0.3) is 0 Å². The molecule has 0 atom stereocenters. The van der Waals surface area contributed by atoms with Gasteiger partial charge >= 0.3 is 0 Å². The predicted molar refractivity (Wildman–Crippen MR) is 78.8 cm³/mol. The molecule has 0 aliphatic heterocycles. The lowest BCUT2D eigenvalue weighted by molar-refractivity contribution is 0.0427. The smallest absolute Gasteiger partial charge is 0.219 e. The maximum Gasteiger partial charge on any atom is 0.219 e. The molecule has 0 fully saturated rings. The quantitative estimate of drug-likeness (QED) is 0.568. The van der Waals surface area contributed by atoms with Gasteiger partial charge in [0.05, 0.1) is 0 Å². The first-order valence-corrected chi connectivity index (χ1v) is 7.36. The number of aromatic nitrogens is 4. The predicted octanol–water partition coefficient (Wildman–Crippen LogP) is 0.494. The Morgan fingerprint density at radius 1 is 1.20 bits per heavy atom. The highest BCUT2D eigenvalue weighted by Gasteiger charge is 2.20. The lowest BCUT2D eigenvalue weighted by Crippen LogP contribution is -2.33. The fourth-order valence-corrected chi connectivity index (χ4v) is 4.08. The van der Waals surface area contributed by atoms with E-state index in [-0.39, 0.29) is 0 Å². The zero-order valence-corrected chi connectivity index (χ0v) is 13.3. The van der Waals surface area contributed by atoms with Crippen molar-refractivity contribution in [2.24, 2.45) is 0 Å². The van der Waals surface area contributed by atoms with Crippen LogP contribution in [0.4, 0.5) is 0 Å². The monoisotopic (exact) mass is 297 g/mol. The second-order valence-electron chi connectivity index (χ2n) is 4.69. The van der Waals surface area contributed by atoms with Crippen LogP contribution in [0.1, 0.15) is 0 Å². The van der Waals surface area contributed by atoms with Gasteiger partial charge in [-0.1, -0.05) is 4.85 Å². The normalized spacial score (nSPS) is 12.2. The molecule has 0 N–H and O–H groups in total. The molecule has 20 heavy (non-hydrogen) atoms. The van der Waals surface area contributed by atoms with Gasteiger partial charge in [0.2, 0.25) is 5.65 Å². The van der Waals surface area contributed by atoms with E-state index in [1.165, 1.54) is 4.85 Å². The minimum Gasteiger partial charge on any atom is -0.377 e. The van der Waals surface area contributed by atoms with E-state index in [1.807, 2.05) is 19.2 Å². The van der Waals surface area contributed by atoms with Gasteiger partial charge in [-0.05, 0) is 52.6 Å². The number of rotatable bonds is 6. The highest BCUT2D eigenvalue weighted by molar-refractivity contribution is 7.49. The van der Waals surface area contributed by atoms with Crippen LogP contribution in [0, 0.1) is 0 Å². The van der Waals surface area contributed by atoms with Gasteiger partial charge in [0.15, 0.2) is 6.73 Å². The standard InChI is InChI=1S/C11H20N7OP/c1-15(2)20(16(3)4)17(5)9-19-18-11-10(13-14-18)7-6-8-12-11/h6-8H,9H2,1-5H3. The average molecular weight is 297 g/mol. The van der Waals surface area contributed by atoms with Gasteiger partial charge in [-0.2, -0.15) is 0 Å². The van der Waals surface area contributed by atoms with Crippen LogP contribution in [-0.2, 0) is 0 Å². The summed E-state index contributed by atoms with van der Waals surface area (Å²) in [5.74, 6) is 0. The minimum absolute atomic E-state index is 0.400. The van der Waals surface area contributed by atoms with Gasteiger partial charge in [-0.15, -0.1) is 5.10 Å². The van der Waals surface area contributed by atoms with Crippen molar-refractivity contribution in [3.63, 3.8) is 0 Å². The molecule has 2 aromatic heterocycles. The van der Waals surface area contributed by atoms with E-state index in [0.29, 0.717) is 12.4 Å². The van der Waals surface area contributed by atoms with Crippen molar-refractivity contribution in [2.75, 3.05) is 42.0 Å². The lowest BCUT2D eigenvalue weighted by atomic mass is 10.4. The summed E-state index contributed by atoms with van der Waals surface area (Å²) in [6, 6.07) is 3.68. The number of hydrogen-bond donors (Lipinski definition) is 0. The van der Waals surface area contributed by atoms with Crippen molar-refractivity contribution in [3.8, 4) is 0 Å². The third-order valence-corrected chi connectivity index (χ3v) is 4.73. The molecule has 0 saturated carbocycles. The number of nitrogens with zero attached hydrogens (tertiary/aromatic N) is 7. The zero-order valence-electron chi connectivity index (χ0n) is 12.4. The molecule has 0 unspecified atom stereocenters. The van der Waals surface area contributed by atoms with E-state index in [0.717, 1.165) is 5.52 Å². The fraction of sp³-hybridized carbons (Fsp3) is 0.545. The zero-order chi connectivity index (χ0) is 14.7. The van der Waals surface area contributed by atoms with Crippen molar-refractivity contribution in [3.05, 3.63) is 18.3 Å². The Bertz CT molecular complexity index is 550. The Kier molecular flexibility index (Phi) is 4.82. The molecule has 0 aliphatic carbocycles. The molecule has 0 bridgehead atoms. The van der Waals surface area contributed by atoms with Crippen LogP contribution in [-0.4, -0.2) is 76.1 Å². The number of hydrogen-bond acceptors (Lipinski definition) is 7. The summed E-state index contributed by atoms with van der Waals surface area (Å²) in [7, 11) is 9.64. The van der Waals surface area contributed by atoms with E-state index in [2.05, 4.69) is 57.5 Å². The summed E-state index contributed by atoms with van der Waals surface area (Å²) in [6.07, 6.45) is 1.70. The second-order valence-corrected chi connectivity index (χ2v) is 7.51. The van der Waals surface area contributed by atoms with Crippen LogP contribution in [0.25, 0.3) is 11.2 Å². The summed E-state index contributed by atoms with van der Waals surface area (Å²) in [6.45, 7) is 0.400. The summed E-state index contributed by atoms with van der Waals surface area (Å²) < 4.78 is 6.44. The number of fused-ring (bicyclic) bond motifs is 1. The molecule has 2 heterocycles. The third kappa shape index (κ3) is 3.21. The fourth-order valence-electron chi connectivity index (χ4n) is 1.99. The highest BCUT2D eigenvalue weighted by Crippen LogP contribution is 2.41. The molecule has 2 aromatic rings. The molecule has 0 spiro atoms. The third-order valence-electron chi connectivity index (χ3n) is 2.57. The minimum atomic E-state index is -0.572. The Morgan fingerprint density at radius 2 is 1.90 bits per heavy atom. The Labute approximate surface area is 119 Å². The second kappa shape index (κ2) is 6.41. The first-order valence-electron chi connectivity index (χ1n) is 6.16. The van der Waals surface area contributed by atoms with Gasteiger partial charge in [-0.3, -0.25) is 9.34 Å². The molecule has 0 amide bonds. The van der Waals surface area contributed by atoms with Crippen LogP contribution < -0.4 is 4.84 Å². The van der Waals surface area contributed by atoms with Crippen LogP contribution in [0.15, 0.2) is 18.3 Å². The average Bonchev–Trinajstić information content (AvgIpc) is 2.78. The summed E-state index contributed by atoms with van der Waals surface area (Å²) >= 11 is 0. The summed E-state index contributed by atoms with van der Waals surface area (Å²) in [5.41, 5.74) is 1.34. The van der Waals surface area contributed by atoms with Crippen molar-refractivity contribution < 1.29 is 4.84 Å². The van der Waals surface area contributed by atoms with Crippen molar-refractivity contribution in [1.29, 1.82) is 0 Å². The van der Waals surface area contributed by atoms with Crippen LogP contribution in [0.3, 0.4) is 0 Å². The van der Waals surface area contributed by atoms with E-state index in [9.17, 15) is 0 Å². The molecule has 9 heteroatoms. The van der Waals surface area contributed by atoms with E-state index >= 15 is 0 Å². The molecule has 0 saturated heterocycles. The first kappa shape index (κ1) is 15.1. The molecule has 110 valence electrons. The van der Waals surface area contributed by atoms with Gasteiger partial charge in [0, 0.05) is 6.20 Å². The van der Waals surface area contributed by atoms with E-state index in [4.69, 9.17) is 4.84 Å². The Hall–Kier alpha value is -1.34. The molecule has 0 radical (unpaired) electrons. The molecule has 0 aromatic carbocycles. The maximum absolute atomic E-state index is 5.67. The SMILES string of the molecule is CN(C)P(N(C)C)N(C)COn1nnc2cccnc21. The summed E-state index contributed by atoms with van der Waals surface area (Å²) in [5, 5.41) is 7.95. The molecular weight excluding hydrogens is 277 g/mol. The lowest BCUT2D eigenvalue weighted by Gasteiger charge is -2.36. The first-order chi connectivity index (χ1) is 9.50. The van der Waals surface area contributed by atoms with Crippen molar-refractivity contribution in [2.45, 2.75) is 0 Å². The van der Waals surface area contributed by atoms with Gasteiger partial charge in [-0.25, -0.2) is 9.65 Å². The van der Waals surface area contributed by atoms with Gasteiger partial charge in [0.1, 0.15) is 13.9 Å². The van der Waals surface area contributed by atoms with E-state index in [1.54, 1.807) is 6.20 Å². The van der Waals surface area contributed by atoms with Crippen LogP contribution >= 0.6 is 8.37 Å². The van der Waals surface area contributed by atoms with Crippen molar-refractivity contribution >= 4 is 19.5 Å². The van der Waals surface area contributed by atoms with Gasteiger partial charge < -0.3 is 4.84 Å². The molecule has 8 nitrogen and oxygen atoms in total. The molecular formula is C11H20N7OP. The van der Waals surface area contributed by atoms with Crippen LogP contribution in [0.5, 0.6) is 0 Å².